The topological polar surface area (TPSA) is 58.6 Å². The van der Waals surface area contributed by atoms with E-state index in [0.29, 0.717) is 36.4 Å². The molecule has 0 spiro atoms. The van der Waals surface area contributed by atoms with Gasteiger partial charge in [-0.1, -0.05) is 77.5 Å². The van der Waals surface area contributed by atoms with Crippen LogP contribution in [0.15, 0.2) is 71.6 Å². The van der Waals surface area contributed by atoms with Crippen LogP contribution >= 0.6 is 47.2 Å². The summed E-state index contributed by atoms with van der Waals surface area (Å²) in [6.45, 7) is 1.71. The number of benzene rings is 3. The van der Waals surface area contributed by atoms with Crippen molar-refractivity contribution >= 4 is 80.8 Å². The highest BCUT2D eigenvalue weighted by molar-refractivity contribution is 8.27. The zero-order chi connectivity index (χ0) is 24.2. The van der Waals surface area contributed by atoms with Crippen molar-refractivity contribution in [3.63, 3.8) is 0 Å². The van der Waals surface area contributed by atoms with Gasteiger partial charge < -0.3 is 10.1 Å². The Balaban J connectivity index is 1.44. The van der Waals surface area contributed by atoms with Gasteiger partial charge in [-0.25, -0.2) is 0 Å². The molecule has 1 N–H and O–H groups in total. The van der Waals surface area contributed by atoms with Crippen LogP contribution in [0.3, 0.4) is 0 Å². The van der Waals surface area contributed by atoms with Gasteiger partial charge in [0, 0.05) is 5.02 Å². The Bertz CT molecular complexity index is 1330. The predicted octanol–water partition coefficient (Wildman–Crippen LogP) is 6.73. The summed E-state index contributed by atoms with van der Waals surface area (Å²) in [6, 6.07) is 19.5. The maximum Gasteiger partial charge on any atom is 0.270 e. The van der Waals surface area contributed by atoms with Crippen molar-refractivity contribution in [3.8, 4) is 5.75 Å². The number of rotatable bonds is 6. The molecule has 0 aliphatic carbocycles. The number of amides is 2. The summed E-state index contributed by atoms with van der Waals surface area (Å²) < 4.78 is 6.05. The van der Waals surface area contributed by atoms with Crippen LogP contribution in [-0.2, 0) is 9.59 Å². The second-order valence-electron chi connectivity index (χ2n) is 7.34. The van der Waals surface area contributed by atoms with Gasteiger partial charge in [-0.15, -0.1) is 0 Å². The summed E-state index contributed by atoms with van der Waals surface area (Å²) in [5, 5.41) is 3.72. The summed E-state index contributed by atoms with van der Waals surface area (Å²) in [4.78, 5) is 27.2. The minimum Gasteiger partial charge on any atom is -0.484 e. The summed E-state index contributed by atoms with van der Waals surface area (Å²) in [6.07, 6.45) is 1.74. The maximum atomic E-state index is 13.0. The number of carbonyl (C=O) groups excluding carboxylic acids is 2. The lowest BCUT2D eigenvalue weighted by Crippen LogP contribution is -2.27. The van der Waals surface area contributed by atoms with E-state index in [0.717, 1.165) is 11.1 Å². The lowest BCUT2D eigenvalue weighted by atomic mass is 10.2. The van der Waals surface area contributed by atoms with Gasteiger partial charge in [-0.2, -0.15) is 0 Å². The highest BCUT2D eigenvalue weighted by Gasteiger charge is 2.33. The Kier molecular flexibility index (Phi) is 7.58. The fourth-order valence-corrected chi connectivity index (χ4v) is 4.81. The van der Waals surface area contributed by atoms with Crippen LogP contribution in [-0.4, -0.2) is 22.7 Å². The molecular formula is C25H18Cl2N2O3S2. The Hall–Kier alpha value is -2.84. The molecule has 1 saturated heterocycles. The first-order valence-corrected chi connectivity index (χ1v) is 12.1. The number of aryl methyl sites for hydroxylation is 1. The number of halogens is 2. The number of ether oxygens (including phenoxy) is 1. The average molecular weight is 529 g/mol. The van der Waals surface area contributed by atoms with Crippen LogP contribution in [0, 0.1) is 6.92 Å². The van der Waals surface area contributed by atoms with Crippen molar-refractivity contribution in [1.82, 2.24) is 0 Å². The molecule has 3 aromatic rings. The van der Waals surface area contributed by atoms with Gasteiger partial charge in [0.15, 0.2) is 10.9 Å². The number of para-hydroxylation sites is 1. The van der Waals surface area contributed by atoms with E-state index in [9.17, 15) is 9.59 Å². The molecule has 0 aromatic heterocycles. The van der Waals surface area contributed by atoms with Crippen LogP contribution in [0.2, 0.25) is 10.0 Å². The minimum absolute atomic E-state index is 0.190. The fraction of sp³-hybridized carbons (Fsp3) is 0.0800. The van der Waals surface area contributed by atoms with Crippen LogP contribution in [0.5, 0.6) is 5.75 Å². The minimum atomic E-state index is -0.337. The molecule has 34 heavy (non-hydrogen) atoms. The molecule has 1 aliphatic heterocycles. The van der Waals surface area contributed by atoms with E-state index >= 15 is 0 Å². The quantitative estimate of drug-likeness (QED) is 0.284. The van der Waals surface area contributed by atoms with Crippen LogP contribution in [0.1, 0.15) is 11.1 Å². The molecule has 1 heterocycles. The number of hydrogen-bond donors (Lipinski definition) is 1. The van der Waals surface area contributed by atoms with Crippen LogP contribution in [0.25, 0.3) is 6.08 Å². The highest BCUT2D eigenvalue weighted by atomic mass is 35.5. The molecule has 9 heteroatoms. The summed E-state index contributed by atoms with van der Waals surface area (Å²) in [5.41, 5.74) is 2.81. The van der Waals surface area contributed by atoms with Crippen LogP contribution < -0.4 is 15.0 Å². The monoisotopic (exact) mass is 528 g/mol. The number of carbonyl (C=O) groups is 2. The molecule has 5 nitrogen and oxygen atoms in total. The Morgan fingerprint density at radius 1 is 1.09 bits per heavy atom. The standard InChI is InChI=1S/C25H18Cl2N2O3S2/c1-15-9-10-17(13-20(15)27)29-24(31)22(34-25(29)33)12-16-5-4-6-18(11-16)32-14-23(30)28-21-8-3-2-7-19(21)26/h2-13H,14H2,1H3,(H,28,30)/b22-12-. The number of anilines is 2. The molecule has 1 aliphatic rings. The highest BCUT2D eigenvalue weighted by Crippen LogP contribution is 2.37. The molecule has 1 fully saturated rings. The van der Waals surface area contributed by atoms with Gasteiger partial charge in [0.1, 0.15) is 5.75 Å². The second kappa shape index (κ2) is 10.6. The lowest BCUT2D eigenvalue weighted by molar-refractivity contribution is -0.118. The molecule has 3 aromatic carbocycles. The molecule has 0 bridgehead atoms. The van der Waals surface area contributed by atoms with E-state index < -0.39 is 0 Å². The maximum absolute atomic E-state index is 13.0. The first-order chi connectivity index (χ1) is 16.3. The van der Waals surface area contributed by atoms with E-state index in [2.05, 4.69) is 5.32 Å². The third-order valence-corrected chi connectivity index (χ3v) is 6.92. The van der Waals surface area contributed by atoms with E-state index in [-0.39, 0.29) is 18.4 Å². The first kappa shape index (κ1) is 24.3. The van der Waals surface area contributed by atoms with Crippen molar-refractivity contribution in [2.45, 2.75) is 6.92 Å². The van der Waals surface area contributed by atoms with E-state index in [4.69, 9.17) is 40.2 Å². The smallest absolute Gasteiger partial charge is 0.270 e. The van der Waals surface area contributed by atoms with Gasteiger partial charge >= 0.3 is 0 Å². The second-order valence-corrected chi connectivity index (χ2v) is 9.83. The van der Waals surface area contributed by atoms with Gasteiger partial charge in [0.2, 0.25) is 0 Å². The van der Waals surface area contributed by atoms with Gasteiger partial charge in [-0.3, -0.25) is 14.5 Å². The normalized spacial score (nSPS) is 14.6. The molecular weight excluding hydrogens is 511 g/mol. The Labute approximate surface area is 216 Å². The third kappa shape index (κ3) is 5.62. The molecule has 0 radical (unpaired) electrons. The Morgan fingerprint density at radius 2 is 1.88 bits per heavy atom. The molecule has 2 amide bonds. The van der Waals surface area contributed by atoms with Crippen molar-refractivity contribution in [2.24, 2.45) is 0 Å². The molecule has 4 rings (SSSR count). The summed E-state index contributed by atoms with van der Waals surface area (Å²) in [7, 11) is 0. The van der Waals surface area contributed by atoms with Crippen molar-refractivity contribution in [2.75, 3.05) is 16.8 Å². The first-order valence-electron chi connectivity index (χ1n) is 10.1. The van der Waals surface area contributed by atoms with Crippen LogP contribution in [0.4, 0.5) is 11.4 Å². The van der Waals surface area contributed by atoms with E-state index in [1.165, 1.54) is 16.7 Å². The largest absolute Gasteiger partial charge is 0.484 e. The van der Waals surface area contributed by atoms with E-state index in [1.54, 1.807) is 54.6 Å². The van der Waals surface area contributed by atoms with Gasteiger partial charge in [0.05, 0.1) is 21.3 Å². The summed E-state index contributed by atoms with van der Waals surface area (Å²) >= 11 is 18.9. The van der Waals surface area contributed by atoms with Gasteiger partial charge in [-0.05, 0) is 60.5 Å². The average Bonchev–Trinajstić information content (AvgIpc) is 3.09. The number of thiocarbonyl (C=S) groups is 1. The molecule has 0 unspecified atom stereocenters. The predicted molar refractivity (Wildman–Crippen MR) is 144 cm³/mol. The molecule has 172 valence electrons. The zero-order valence-corrected chi connectivity index (χ0v) is 21.0. The van der Waals surface area contributed by atoms with Gasteiger partial charge in [0.25, 0.3) is 11.8 Å². The number of thioether (sulfide) groups is 1. The lowest BCUT2D eigenvalue weighted by Gasteiger charge is -2.15. The van der Waals surface area contributed by atoms with Crippen molar-refractivity contribution < 1.29 is 14.3 Å². The zero-order valence-electron chi connectivity index (χ0n) is 17.9. The number of nitrogens with zero attached hydrogens (tertiary/aromatic N) is 1. The SMILES string of the molecule is Cc1ccc(N2C(=O)/C(=C/c3cccc(OCC(=O)Nc4ccccc4Cl)c3)SC2=S)cc1Cl. The van der Waals surface area contributed by atoms with Crippen molar-refractivity contribution in [1.29, 1.82) is 0 Å². The number of nitrogens with one attached hydrogen (secondary N) is 1. The number of hydrogen-bond acceptors (Lipinski definition) is 5. The van der Waals surface area contributed by atoms with Crippen molar-refractivity contribution in [3.05, 3.63) is 92.8 Å². The Morgan fingerprint density at radius 3 is 2.65 bits per heavy atom. The summed E-state index contributed by atoms with van der Waals surface area (Å²) in [5.74, 6) is -0.0691. The van der Waals surface area contributed by atoms with E-state index in [1.807, 2.05) is 25.1 Å². The third-order valence-electron chi connectivity index (χ3n) is 4.88. The molecule has 0 atom stereocenters. The fourth-order valence-electron chi connectivity index (χ4n) is 3.15. The molecule has 0 saturated carbocycles.